The number of hydrogen-bond acceptors (Lipinski definition) is 5. The Morgan fingerprint density at radius 2 is 1.83 bits per heavy atom. The van der Waals surface area contributed by atoms with Gasteiger partial charge in [-0.1, -0.05) is 48.2 Å². The number of rotatable bonds is 9. The molecule has 0 bridgehead atoms. The minimum Gasteiger partial charge on any atom is -0.497 e. The molecule has 220 valence electrons. The van der Waals surface area contributed by atoms with Gasteiger partial charge in [-0.05, 0) is 66.1 Å². The zero-order valence-corrected chi connectivity index (χ0v) is 26.1. The fourth-order valence-electron chi connectivity index (χ4n) is 6.58. The van der Waals surface area contributed by atoms with Crippen LogP contribution in [0.15, 0.2) is 47.1 Å². The van der Waals surface area contributed by atoms with Crippen LogP contribution in [0.1, 0.15) is 72.3 Å². The van der Waals surface area contributed by atoms with Gasteiger partial charge in [0.05, 0.1) is 12.5 Å². The number of benzene rings is 2. The van der Waals surface area contributed by atoms with Crippen LogP contribution < -0.4 is 9.46 Å². The molecule has 1 amide bonds. The number of methoxy groups -OCH3 is 1. The Morgan fingerprint density at radius 3 is 2.46 bits per heavy atom. The van der Waals surface area contributed by atoms with Gasteiger partial charge in [-0.15, -0.1) is 0 Å². The molecule has 9 nitrogen and oxygen atoms in total. The molecule has 0 spiro atoms. The molecule has 2 N–H and O–H groups in total. The van der Waals surface area contributed by atoms with E-state index in [0.717, 1.165) is 56.5 Å². The van der Waals surface area contributed by atoms with Crippen LogP contribution in [0.25, 0.3) is 10.9 Å². The molecule has 2 unspecified atom stereocenters. The minimum atomic E-state index is -3.97. The summed E-state index contributed by atoms with van der Waals surface area (Å²) in [5.41, 5.74) is 1.89. The van der Waals surface area contributed by atoms with Crippen LogP contribution in [0, 0.1) is 11.3 Å². The van der Waals surface area contributed by atoms with Gasteiger partial charge >= 0.3 is 16.2 Å². The highest BCUT2D eigenvalue weighted by Crippen LogP contribution is 2.67. The summed E-state index contributed by atoms with van der Waals surface area (Å²) in [6, 6.07) is 10.8. The first-order valence-corrected chi connectivity index (χ1v) is 16.1. The van der Waals surface area contributed by atoms with Crippen molar-refractivity contribution in [2.75, 3.05) is 21.2 Å². The molecular weight excluding hydrogens is 610 g/mol. The molecule has 1 aromatic heterocycles. The number of aliphatic carboxylic acids is 1. The Bertz CT molecular complexity index is 1610. The first-order chi connectivity index (χ1) is 19.4. The largest absolute Gasteiger partial charge is 0.497 e. The van der Waals surface area contributed by atoms with Crippen molar-refractivity contribution in [2.45, 2.75) is 57.4 Å². The Kier molecular flexibility index (Phi) is 7.99. The maximum Gasteiger partial charge on any atom is 0.312 e. The fraction of sp³-hybridized carbons (Fsp3) is 0.467. The predicted molar refractivity (Wildman–Crippen MR) is 161 cm³/mol. The summed E-state index contributed by atoms with van der Waals surface area (Å²) in [6.45, 7) is 2.17. The molecule has 2 aliphatic carbocycles. The number of aromatic nitrogens is 1. The zero-order chi connectivity index (χ0) is 29.7. The van der Waals surface area contributed by atoms with Gasteiger partial charge in [-0.2, -0.15) is 12.7 Å². The molecule has 0 aliphatic heterocycles. The van der Waals surface area contributed by atoms with E-state index in [1.165, 1.54) is 20.5 Å². The molecule has 0 radical (unpaired) electrons. The van der Waals surface area contributed by atoms with Crippen LogP contribution in [0.3, 0.4) is 0 Å². The van der Waals surface area contributed by atoms with Crippen LogP contribution >= 0.6 is 15.9 Å². The third-order valence-electron chi connectivity index (χ3n) is 9.05. The van der Waals surface area contributed by atoms with Crippen LogP contribution in [0.4, 0.5) is 0 Å². The van der Waals surface area contributed by atoms with Crippen molar-refractivity contribution < 1.29 is 27.9 Å². The van der Waals surface area contributed by atoms with Gasteiger partial charge in [0.2, 0.25) is 0 Å². The average Bonchev–Trinajstić information content (AvgIpc) is 3.37. The highest BCUT2D eigenvalue weighted by atomic mass is 79.9. The van der Waals surface area contributed by atoms with E-state index in [1.54, 1.807) is 19.2 Å². The van der Waals surface area contributed by atoms with E-state index in [2.05, 4.69) is 26.8 Å². The van der Waals surface area contributed by atoms with Gasteiger partial charge in [-0.25, -0.2) is 4.72 Å². The smallest absolute Gasteiger partial charge is 0.312 e. The summed E-state index contributed by atoms with van der Waals surface area (Å²) in [5, 5.41) is 11.6. The topological polar surface area (TPSA) is 118 Å². The lowest BCUT2D eigenvalue weighted by molar-refractivity contribution is -0.144. The Balaban J connectivity index is 1.59. The van der Waals surface area contributed by atoms with E-state index in [9.17, 15) is 23.1 Å². The van der Waals surface area contributed by atoms with E-state index in [-0.39, 0.29) is 23.9 Å². The number of hydrogen-bond donors (Lipinski definition) is 2. The number of carboxylic acids is 1. The maximum absolute atomic E-state index is 13.0. The second kappa shape index (κ2) is 11.1. The van der Waals surface area contributed by atoms with E-state index >= 15 is 0 Å². The van der Waals surface area contributed by atoms with Crippen LogP contribution in [0.5, 0.6) is 5.75 Å². The number of carbonyl (C=O) groups is 2. The summed E-state index contributed by atoms with van der Waals surface area (Å²) in [4.78, 5) is 26.0. The van der Waals surface area contributed by atoms with E-state index in [0.29, 0.717) is 11.7 Å². The van der Waals surface area contributed by atoms with Gasteiger partial charge in [0, 0.05) is 53.7 Å². The Hall–Kier alpha value is -2.89. The molecular formula is C30H36BrN3O6S. The molecule has 2 aromatic carbocycles. The quantitative estimate of drug-likeness (QED) is 0.317. The fourth-order valence-corrected chi connectivity index (χ4v) is 7.61. The van der Waals surface area contributed by atoms with Crippen molar-refractivity contribution in [3.05, 3.63) is 63.8 Å². The Morgan fingerprint density at radius 1 is 1.12 bits per heavy atom. The Labute approximate surface area is 249 Å². The highest BCUT2D eigenvalue weighted by Gasteiger charge is 2.68. The second-order valence-electron chi connectivity index (χ2n) is 11.5. The summed E-state index contributed by atoms with van der Waals surface area (Å²) in [6.07, 6.45) is 7.66. The number of nitrogens with one attached hydrogen (secondary N) is 1. The standard InChI is InChI=1S/C30H36BrN3O6S/c1-18-27(23-15-21(40-4)11-13-25(23)31)30(18,29(36)37)17-34-16-24(19-8-6-5-7-9-19)22-12-10-20(14-26(22)34)28(35)32-41(38,39)33(2)3/h10-16,18-19,27H,5-9,17H2,1-4H3,(H,32,35)(H,36,37)/t18-,27?,30?/m1/s1. The minimum absolute atomic E-state index is 0.157. The second-order valence-corrected chi connectivity index (χ2v) is 14.2. The van der Waals surface area contributed by atoms with E-state index < -0.39 is 27.5 Å². The molecule has 1 heterocycles. The average molecular weight is 647 g/mol. The molecule has 41 heavy (non-hydrogen) atoms. The van der Waals surface area contributed by atoms with Crippen molar-refractivity contribution in [3.8, 4) is 5.75 Å². The first kappa shape index (κ1) is 29.6. The van der Waals surface area contributed by atoms with Crippen LogP contribution in [-0.2, 0) is 21.5 Å². The molecule has 2 saturated carbocycles. The SMILES string of the molecule is COc1ccc(Br)c(C2[C@@H](C)C2(Cn2cc(C3CCCCC3)c3ccc(C(=O)NS(=O)(=O)N(C)C)cc32)C(=O)O)c1. The van der Waals surface area contributed by atoms with E-state index in [4.69, 9.17) is 4.74 Å². The molecule has 0 saturated heterocycles. The molecule has 11 heteroatoms. The third-order valence-corrected chi connectivity index (χ3v) is 11.2. The van der Waals surface area contributed by atoms with Crippen molar-refractivity contribution in [1.82, 2.24) is 13.6 Å². The van der Waals surface area contributed by atoms with Crippen LogP contribution in [-0.4, -0.2) is 55.5 Å². The predicted octanol–water partition coefficient (Wildman–Crippen LogP) is 5.50. The zero-order valence-electron chi connectivity index (χ0n) is 23.7. The number of nitrogens with zero attached hydrogens (tertiary/aromatic N) is 2. The number of fused-ring (bicyclic) bond motifs is 1. The molecule has 3 aromatic rings. The number of amides is 1. The van der Waals surface area contributed by atoms with Crippen molar-refractivity contribution in [2.24, 2.45) is 11.3 Å². The van der Waals surface area contributed by atoms with Crippen molar-refractivity contribution >= 4 is 48.9 Å². The maximum atomic E-state index is 13.0. The molecule has 3 atom stereocenters. The third kappa shape index (κ3) is 5.28. The number of ether oxygens (including phenoxy) is 1. The molecule has 5 rings (SSSR count). The number of carbonyl (C=O) groups excluding carboxylic acids is 1. The lowest BCUT2D eigenvalue weighted by Crippen LogP contribution is -2.39. The monoisotopic (exact) mass is 645 g/mol. The van der Waals surface area contributed by atoms with Crippen LogP contribution in [0.2, 0.25) is 0 Å². The first-order valence-electron chi connectivity index (χ1n) is 13.8. The van der Waals surface area contributed by atoms with Gasteiger partial charge in [0.25, 0.3) is 5.91 Å². The van der Waals surface area contributed by atoms with Gasteiger partial charge in [-0.3, -0.25) is 9.59 Å². The number of carboxylic acid groups (broad SMARTS) is 1. The summed E-state index contributed by atoms with van der Waals surface area (Å²) < 4.78 is 35.9. The lowest BCUT2D eigenvalue weighted by atomic mass is 9.84. The molecule has 2 aliphatic rings. The van der Waals surface area contributed by atoms with Crippen molar-refractivity contribution in [3.63, 3.8) is 0 Å². The summed E-state index contributed by atoms with van der Waals surface area (Å²) in [7, 11) is 0.310. The lowest BCUT2D eigenvalue weighted by Gasteiger charge is -2.21. The van der Waals surface area contributed by atoms with Gasteiger partial charge in [0.1, 0.15) is 5.75 Å². The van der Waals surface area contributed by atoms with Gasteiger partial charge in [0.15, 0.2) is 0 Å². The summed E-state index contributed by atoms with van der Waals surface area (Å²) in [5.74, 6) is -1.01. The van der Waals surface area contributed by atoms with Gasteiger partial charge < -0.3 is 14.4 Å². The summed E-state index contributed by atoms with van der Waals surface area (Å²) >= 11 is 3.62. The van der Waals surface area contributed by atoms with Crippen molar-refractivity contribution in [1.29, 1.82) is 0 Å². The number of halogens is 1. The van der Waals surface area contributed by atoms with E-state index in [1.807, 2.05) is 35.8 Å². The molecule has 2 fully saturated rings. The highest BCUT2D eigenvalue weighted by molar-refractivity contribution is 9.10. The normalized spacial score (nSPS) is 23.1.